The van der Waals surface area contributed by atoms with E-state index in [1.54, 1.807) is 0 Å². The van der Waals surface area contributed by atoms with Crippen LogP contribution in [0.2, 0.25) is 0 Å². The molecule has 4 heteroatoms. The second kappa shape index (κ2) is 14.4. The van der Waals surface area contributed by atoms with Crippen molar-refractivity contribution in [3.05, 3.63) is 190 Å². The van der Waals surface area contributed by atoms with Gasteiger partial charge in [-0.2, -0.15) is 0 Å². The molecule has 63 heavy (non-hydrogen) atoms. The molecule has 11 aromatic rings. The van der Waals surface area contributed by atoms with Crippen LogP contribution in [-0.2, 0) is 0 Å². The van der Waals surface area contributed by atoms with Gasteiger partial charge in [-0.3, -0.25) is 0 Å². The molecule has 11 rings (SSSR count). The molecule has 2 heterocycles. The van der Waals surface area contributed by atoms with Crippen LogP contribution < -0.4 is 9.80 Å². The van der Waals surface area contributed by atoms with Crippen molar-refractivity contribution in [2.45, 2.75) is 62.3 Å². The maximum Gasteiger partial charge on any atom is 0.139 e. The highest BCUT2D eigenvalue weighted by molar-refractivity contribution is 6.28. The van der Waals surface area contributed by atoms with E-state index in [1.165, 1.54) is 67.3 Å². The van der Waals surface area contributed by atoms with Gasteiger partial charge in [0.1, 0.15) is 22.3 Å². The van der Waals surface area contributed by atoms with Gasteiger partial charge in [0.25, 0.3) is 0 Å². The van der Waals surface area contributed by atoms with Gasteiger partial charge in [0.2, 0.25) is 0 Å². The van der Waals surface area contributed by atoms with Crippen molar-refractivity contribution < 1.29 is 8.83 Å². The zero-order chi connectivity index (χ0) is 43.4. The number of nitrogens with zero attached hydrogens (tertiary/aromatic N) is 2. The second-order valence-electron chi connectivity index (χ2n) is 17.9. The highest BCUT2D eigenvalue weighted by Crippen LogP contribution is 2.47. The summed E-state index contributed by atoms with van der Waals surface area (Å²) >= 11 is 0. The molecule has 0 N–H and O–H groups in total. The lowest BCUT2D eigenvalue weighted by Gasteiger charge is -2.31. The highest BCUT2D eigenvalue weighted by atomic mass is 16.3. The van der Waals surface area contributed by atoms with Crippen LogP contribution in [0.4, 0.5) is 34.1 Å². The Hall–Kier alpha value is -7.30. The van der Waals surface area contributed by atoms with E-state index in [4.69, 9.17) is 8.83 Å². The van der Waals surface area contributed by atoms with Gasteiger partial charge >= 0.3 is 0 Å². The smallest absolute Gasteiger partial charge is 0.139 e. The van der Waals surface area contributed by atoms with Crippen molar-refractivity contribution in [2.24, 2.45) is 0 Å². The maximum absolute atomic E-state index is 6.86. The third-order valence-electron chi connectivity index (χ3n) is 13.4. The SMILES string of the molecule is Cc1cccc(C)c1N(c1ccc2cc3c(cc2c1)oc1cc(C)c2oc4cc5cc(N(c6c(C)cccc6C)c6c(C)cccc6C)ccc5cc4c2c13)c1c(C)cccc1C. The topological polar surface area (TPSA) is 32.8 Å². The predicted molar refractivity (Wildman–Crippen MR) is 268 cm³/mol. The third-order valence-corrected chi connectivity index (χ3v) is 13.4. The standard InChI is InChI=1S/C59H50N2O2/c1-33-14-10-15-34(2)55(33)60(56-35(3)16-11-17-36(56)4)46-24-22-42-29-48-50(31-44(42)27-46)62-52-26-41(9)59-54(53(48)52)49-30-43-23-25-47(28-45(43)32-51(49)63-59)61(57-37(5)18-12-19-38(57)6)58-39(7)20-13-21-40(58)8/h10-32H,1-9H3. The molecule has 0 radical (unpaired) electrons. The average molecular weight is 819 g/mol. The number of para-hydroxylation sites is 4. The van der Waals surface area contributed by atoms with Gasteiger partial charge in [0.15, 0.2) is 0 Å². The number of aryl methyl sites for hydroxylation is 9. The van der Waals surface area contributed by atoms with Gasteiger partial charge < -0.3 is 18.6 Å². The summed E-state index contributed by atoms with van der Waals surface area (Å²) < 4.78 is 13.7. The number of hydrogen-bond donors (Lipinski definition) is 0. The molecule has 0 spiro atoms. The fourth-order valence-corrected chi connectivity index (χ4v) is 10.5. The lowest BCUT2D eigenvalue weighted by Crippen LogP contribution is -2.15. The molecule has 0 atom stereocenters. The molecule has 0 saturated carbocycles. The van der Waals surface area contributed by atoms with Crippen LogP contribution in [0.1, 0.15) is 50.1 Å². The first-order chi connectivity index (χ1) is 30.4. The number of benzene rings is 9. The van der Waals surface area contributed by atoms with Gasteiger partial charge in [-0.1, -0.05) is 84.9 Å². The molecule has 2 aromatic heterocycles. The minimum Gasteiger partial charge on any atom is -0.456 e. The molecule has 308 valence electrons. The fraction of sp³-hybridized carbons (Fsp3) is 0.153. The van der Waals surface area contributed by atoms with E-state index in [-0.39, 0.29) is 0 Å². The number of fused-ring (bicyclic) bond motifs is 9. The summed E-state index contributed by atoms with van der Waals surface area (Å²) in [5.41, 5.74) is 21.6. The Labute approximate surface area is 368 Å². The quantitative estimate of drug-likeness (QED) is 0.167. The van der Waals surface area contributed by atoms with Gasteiger partial charge in [-0.05, 0) is 189 Å². The van der Waals surface area contributed by atoms with Crippen LogP contribution in [-0.4, -0.2) is 0 Å². The molecule has 0 aliphatic heterocycles. The molecule has 0 fully saturated rings. The molecule has 0 unspecified atom stereocenters. The largest absolute Gasteiger partial charge is 0.456 e. The van der Waals surface area contributed by atoms with E-state index in [0.29, 0.717) is 0 Å². The van der Waals surface area contributed by atoms with Gasteiger partial charge in [-0.25, -0.2) is 0 Å². The normalized spacial score (nSPS) is 11.9. The minimum absolute atomic E-state index is 0.866. The zero-order valence-electron chi connectivity index (χ0n) is 37.5. The summed E-state index contributed by atoms with van der Waals surface area (Å²) in [5.74, 6) is 0. The molecule has 0 aliphatic rings. The van der Waals surface area contributed by atoms with E-state index in [1.807, 2.05) is 0 Å². The fourth-order valence-electron chi connectivity index (χ4n) is 10.5. The minimum atomic E-state index is 0.866. The summed E-state index contributed by atoms with van der Waals surface area (Å²) in [4.78, 5) is 4.89. The van der Waals surface area contributed by atoms with Crippen molar-refractivity contribution in [3.63, 3.8) is 0 Å². The van der Waals surface area contributed by atoms with E-state index < -0.39 is 0 Å². The molecule has 9 aromatic carbocycles. The Morgan fingerprint density at radius 2 is 0.667 bits per heavy atom. The monoisotopic (exact) mass is 818 g/mol. The maximum atomic E-state index is 6.86. The van der Waals surface area contributed by atoms with E-state index >= 15 is 0 Å². The number of rotatable bonds is 6. The zero-order valence-corrected chi connectivity index (χ0v) is 37.5. The van der Waals surface area contributed by atoms with E-state index in [0.717, 1.165) is 82.4 Å². The molecule has 0 aliphatic carbocycles. The Kier molecular flexibility index (Phi) is 8.82. The van der Waals surface area contributed by atoms with Crippen LogP contribution in [0.15, 0.2) is 148 Å². The first-order valence-electron chi connectivity index (χ1n) is 22.0. The Morgan fingerprint density at radius 1 is 0.302 bits per heavy atom. The lowest BCUT2D eigenvalue weighted by atomic mass is 9.98. The van der Waals surface area contributed by atoms with Crippen LogP contribution in [0.25, 0.3) is 65.4 Å². The highest BCUT2D eigenvalue weighted by Gasteiger charge is 2.24. The van der Waals surface area contributed by atoms with Crippen molar-refractivity contribution in [1.29, 1.82) is 0 Å². The second-order valence-corrected chi connectivity index (χ2v) is 17.9. The summed E-state index contributed by atoms with van der Waals surface area (Å²) in [5, 5.41) is 8.96. The number of hydrogen-bond acceptors (Lipinski definition) is 4. The van der Waals surface area contributed by atoms with Gasteiger partial charge in [0, 0.05) is 32.9 Å². The summed E-state index contributed by atoms with van der Waals surface area (Å²) in [6, 6.07) is 51.1. The molecule has 4 nitrogen and oxygen atoms in total. The van der Waals surface area contributed by atoms with Crippen LogP contribution in [0.5, 0.6) is 0 Å². The summed E-state index contributed by atoms with van der Waals surface area (Å²) in [7, 11) is 0. The Balaban J connectivity index is 1.09. The summed E-state index contributed by atoms with van der Waals surface area (Å²) in [6.07, 6.45) is 0. The first kappa shape index (κ1) is 38.6. The molecule has 0 bridgehead atoms. The van der Waals surface area contributed by atoms with Gasteiger partial charge in [-0.15, -0.1) is 0 Å². The number of anilines is 6. The Bertz CT molecular complexity index is 3510. The molecular formula is C59H50N2O2. The summed E-state index contributed by atoms with van der Waals surface area (Å²) in [6.45, 7) is 19.8. The van der Waals surface area contributed by atoms with Crippen LogP contribution in [0, 0.1) is 62.3 Å². The molecule has 0 amide bonds. The van der Waals surface area contributed by atoms with Crippen molar-refractivity contribution in [2.75, 3.05) is 9.80 Å². The van der Waals surface area contributed by atoms with Crippen molar-refractivity contribution >= 4 is 99.5 Å². The molecule has 0 saturated heterocycles. The third kappa shape index (κ3) is 6.03. The predicted octanol–water partition coefficient (Wildman–Crippen LogP) is 17.5. The Morgan fingerprint density at radius 3 is 1.06 bits per heavy atom. The van der Waals surface area contributed by atoms with Crippen LogP contribution >= 0.6 is 0 Å². The van der Waals surface area contributed by atoms with E-state index in [2.05, 4.69) is 212 Å². The average Bonchev–Trinajstić information content (AvgIpc) is 3.80. The van der Waals surface area contributed by atoms with Crippen LogP contribution in [0.3, 0.4) is 0 Å². The van der Waals surface area contributed by atoms with Crippen molar-refractivity contribution in [1.82, 2.24) is 0 Å². The number of furan rings is 2. The van der Waals surface area contributed by atoms with Crippen molar-refractivity contribution in [3.8, 4) is 0 Å². The lowest BCUT2D eigenvalue weighted by molar-refractivity contribution is 0.660. The van der Waals surface area contributed by atoms with Gasteiger partial charge in [0.05, 0.1) is 22.7 Å². The first-order valence-corrected chi connectivity index (χ1v) is 22.0. The van der Waals surface area contributed by atoms with E-state index in [9.17, 15) is 0 Å². The molecular weight excluding hydrogens is 769 g/mol.